The highest BCUT2D eigenvalue weighted by Crippen LogP contribution is 2.13. The lowest BCUT2D eigenvalue weighted by molar-refractivity contribution is -0.127. The van der Waals surface area contributed by atoms with Gasteiger partial charge in [-0.1, -0.05) is 40.0 Å². The van der Waals surface area contributed by atoms with E-state index in [-0.39, 0.29) is 88.1 Å². The maximum Gasteiger partial charge on any atom is 0.246 e. The van der Waals surface area contributed by atoms with Crippen LogP contribution in [0.2, 0.25) is 0 Å². The van der Waals surface area contributed by atoms with Gasteiger partial charge < -0.3 is 45.9 Å². The number of primary amides is 1. The molecule has 0 unspecified atom stereocenters. The van der Waals surface area contributed by atoms with E-state index in [1.807, 2.05) is 13.8 Å². The fourth-order valence-corrected chi connectivity index (χ4v) is 4.75. The van der Waals surface area contributed by atoms with Crippen LogP contribution in [0, 0.1) is 11.8 Å². The molecule has 0 aliphatic carbocycles. The molecular formula is C35H65N5O10. The lowest BCUT2D eigenvalue weighted by Gasteiger charge is -2.10. The molecule has 0 bridgehead atoms. The number of nitrogens with two attached hydrogens (primary N) is 1. The number of unbranched alkanes of at least 4 members (excludes halogenated alkanes) is 2. The molecule has 50 heavy (non-hydrogen) atoms. The van der Waals surface area contributed by atoms with Crippen LogP contribution in [0.5, 0.6) is 0 Å². The van der Waals surface area contributed by atoms with Crippen LogP contribution in [0.3, 0.4) is 0 Å². The van der Waals surface area contributed by atoms with E-state index in [0.717, 1.165) is 44.9 Å². The first-order chi connectivity index (χ1) is 24.1. The SMILES string of the molecule is CCC(=O)C[C@H](C)CCCCNC(=O)CCCC(=O)NCCOCCOCC(=O)NCCOCCOCC(=O)NCCCC[C@H](CC)C(N)=O. The number of rotatable bonds is 35. The van der Waals surface area contributed by atoms with E-state index in [9.17, 15) is 28.8 Å². The summed E-state index contributed by atoms with van der Waals surface area (Å²) in [5.74, 6) is -0.425. The zero-order valence-electron chi connectivity index (χ0n) is 30.8. The molecule has 0 aromatic heterocycles. The van der Waals surface area contributed by atoms with Gasteiger partial charge in [0.25, 0.3) is 0 Å². The van der Waals surface area contributed by atoms with Crippen LogP contribution in [0.25, 0.3) is 0 Å². The minimum atomic E-state index is -0.284. The van der Waals surface area contributed by atoms with E-state index in [2.05, 4.69) is 28.2 Å². The Balaban J connectivity index is 3.48. The number of nitrogens with one attached hydrogen (secondary N) is 4. The van der Waals surface area contributed by atoms with Crippen molar-refractivity contribution in [1.82, 2.24) is 21.3 Å². The molecule has 0 fully saturated rings. The Labute approximate surface area is 298 Å². The summed E-state index contributed by atoms with van der Waals surface area (Å²) >= 11 is 0. The third kappa shape index (κ3) is 30.9. The summed E-state index contributed by atoms with van der Waals surface area (Å²) in [6, 6.07) is 0. The van der Waals surface area contributed by atoms with Crippen LogP contribution in [-0.4, -0.2) is 114 Å². The summed E-state index contributed by atoms with van der Waals surface area (Å²) in [5, 5.41) is 11.1. The quantitative estimate of drug-likeness (QED) is 0.0597. The Kier molecular flexibility index (Phi) is 31.0. The Hall–Kier alpha value is -3.14. The second-order valence-corrected chi connectivity index (χ2v) is 12.3. The molecule has 15 nitrogen and oxygen atoms in total. The van der Waals surface area contributed by atoms with Crippen molar-refractivity contribution < 1.29 is 47.7 Å². The summed E-state index contributed by atoms with van der Waals surface area (Å²) in [6.45, 7) is 9.11. The third-order valence-electron chi connectivity index (χ3n) is 7.77. The van der Waals surface area contributed by atoms with Crippen molar-refractivity contribution in [2.24, 2.45) is 17.6 Å². The first-order valence-corrected chi connectivity index (χ1v) is 18.3. The Bertz CT molecular complexity index is 953. The largest absolute Gasteiger partial charge is 0.377 e. The lowest BCUT2D eigenvalue weighted by atomic mass is 9.97. The molecule has 0 spiro atoms. The predicted molar refractivity (Wildman–Crippen MR) is 189 cm³/mol. The summed E-state index contributed by atoms with van der Waals surface area (Å²) in [6.07, 6.45) is 8.08. The first kappa shape index (κ1) is 46.9. The Morgan fingerprint density at radius 1 is 0.560 bits per heavy atom. The molecule has 6 N–H and O–H groups in total. The van der Waals surface area contributed by atoms with E-state index < -0.39 is 0 Å². The second kappa shape index (κ2) is 33.0. The summed E-state index contributed by atoms with van der Waals surface area (Å²) < 4.78 is 21.3. The molecule has 0 aromatic carbocycles. The average Bonchev–Trinajstić information content (AvgIpc) is 3.08. The topological polar surface area (TPSA) is 213 Å². The van der Waals surface area contributed by atoms with Crippen LogP contribution in [-0.2, 0) is 47.7 Å². The van der Waals surface area contributed by atoms with Crippen molar-refractivity contribution in [3.05, 3.63) is 0 Å². The Morgan fingerprint density at radius 2 is 1.02 bits per heavy atom. The molecule has 290 valence electrons. The molecule has 0 rings (SSSR count). The number of Topliss-reactive ketones (excluding diaryl/α,β-unsaturated/α-hetero) is 1. The number of hydrogen-bond acceptors (Lipinski definition) is 10. The fourth-order valence-electron chi connectivity index (χ4n) is 4.75. The highest BCUT2D eigenvalue weighted by atomic mass is 16.5. The zero-order chi connectivity index (χ0) is 37.2. The minimum absolute atomic E-state index is 0.0633. The first-order valence-electron chi connectivity index (χ1n) is 18.3. The number of amides is 5. The third-order valence-corrected chi connectivity index (χ3v) is 7.77. The number of carbonyl (C=O) groups excluding carboxylic acids is 6. The van der Waals surface area contributed by atoms with Crippen LogP contribution in [0.1, 0.15) is 97.8 Å². The standard InChI is InChI=1S/C35H65N5O10/c1-4-29(35(36)46)12-7-9-16-38-33(44)26-49-23-22-48-20-18-40-34(45)27-50-24-21-47-19-17-39-32(43)14-10-13-31(42)37-15-8-6-11-28(3)25-30(41)5-2/h28-29H,4-27H2,1-3H3,(H2,36,46)(H,37,42)(H,38,44)(H,39,43)(H,40,45)/t28-,29+/m1/s1. The van der Waals surface area contributed by atoms with E-state index in [1.54, 1.807) is 0 Å². The predicted octanol–water partition coefficient (Wildman–Crippen LogP) is 1.55. The van der Waals surface area contributed by atoms with E-state index >= 15 is 0 Å². The van der Waals surface area contributed by atoms with Gasteiger partial charge in [0, 0.05) is 57.8 Å². The monoisotopic (exact) mass is 715 g/mol. The van der Waals surface area contributed by atoms with Crippen molar-refractivity contribution in [3.63, 3.8) is 0 Å². The number of ketones is 1. The maximum atomic E-state index is 12.0. The van der Waals surface area contributed by atoms with Crippen molar-refractivity contribution in [2.45, 2.75) is 97.8 Å². The molecule has 0 saturated carbocycles. The van der Waals surface area contributed by atoms with E-state index in [1.165, 1.54) is 0 Å². The van der Waals surface area contributed by atoms with Crippen molar-refractivity contribution in [2.75, 3.05) is 79.0 Å². The molecule has 0 aromatic rings. The molecule has 0 radical (unpaired) electrons. The van der Waals surface area contributed by atoms with Gasteiger partial charge in [-0.3, -0.25) is 28.8 Å². The van der Waals surface area contributed by atoms with Gasteiger partial charge in [-0.25, -0.2) is 0 Å². The normalized spacial score (nSPS) is 12.1. The molecule has 0 aliphatic rings. The number of ether oxygens (including phenoxy) is 4. The van der Waals surface area contributed by atoms with Gasteiger partial charge >= 0.3 is 0 Å². The molecule has 0 saturated heterocycles. The highest BCUT2D eigenvalue weighted by molar-refractivity contribution is 5.79. The molecule has 0 aliphatic heterocycles. The van der Waals surface area contributed by atoms with Crippen molar-refractivity contribution >= 4 is 35.3 Å². The molecule has 5 amide bonds. The van der Waals surface area contributed by atoms with Crippen LogP contribution >= 0.6 is 0 Å². The summed E-state index contributed by atoms with van der Waals surface area (Å²) in [4.78, 5) is 70.2. The van der Waals surface area contributed by atoms with E-state index in [4.69, 9.17) is 24.7 Å². The van der Waals surface area contributed by atoms with Gasteiger partial charge in [-0.2, -0.15) is 0 Å². The molecule has 2 atom stereocenters. The number of carbonyl (C=O) groups is 6. The van der Waals surface area contributed by atoms with Crippen LogP contribution in [0.4, 0.5) is 0 Å². The molecular weight excluding hydrogens is 650 g/mol. The van der Waals surface area contributed by atoms with Crippen LogP contribution < -0.4 is 27.0 Å². The zero-order valence-corrected chi connectivity index (χ0v) is 30.8. The average molecular weight is 716 g/mol. The smallest absolute Gasteiger partial charge is 0.246 e. The maximum absolute atomic E-state index is 12.0. The van der Waals surface area contributed by atoms with Gasteiger partial charge in [0.15, 0.2) is 0 Å². The molecule has 0 heterocycles. The second-order valence-electron chi connectivity index (χ2n) is 12.3. The highest BCUT2D eigenvalue weighted by Gasteiger charge is 2.12. The summed E-state index contributed by atoms with van der Waals surface area (Å²) in [5.41, 5.74) is 5.33. The fraction of sp³-hybridized carbons (Fsp3) is 0.829. The van der Waals surface area contributed by atoms with Crippen molar-refractivity contribution in [1.29, 1.82) is 0 Å². The minimum Gasteiger partial charge on any atom is -0.377 e. The van der Waals surface area contributed by atoms with Gasteiger partial charge in [-0.05, 0) is 38.0 Å². The van der Waals surface area contributed by atoms with Crippen molar-refractivity contribution in [3.8, 4) is 0 Å². The Morgan fingerprint density at radius 3 is 1.52 bits per heavy atom. The van der Waals surface area contributed by atoms with E-state index in [0.29, 0.717) is 70.2 Å². The van der Waals surface area contributed by atoms with Crippen LogP contribution in [0.15, 0.2) is 0 Å². The van der Waals surface area contributed by atoms with Gasteiger partial charge in [0.2, 0.25) is 29.5 Å². The molecule has 15 heteroatoms. The number of hydrogen-bond donors (Lipinski definition) is 5. The van der Waals surface area contributed by atoms with Gasteiger partial charge in [0.05, 0.1) is 39.6 Å². The van der Waals surface area contributed by atoms with Gasteiger partial charge in [0.1, 0.15) is 19.0 Å². The van der Waals surface area contributed by atoms with Gasteiger partial charge in [-0.15, -0.1) is 0 Å². The lowest BCUT2D eigenvalue weighted by Crippen LogP contribution is -2.32. The summed E-state index contributed by atoms with van der Waals surface area (Å²) in [7, 11) is 0.